The molecule has 180 valence electrons. The van der Waals surface area contributed by atoms with Crippen LogP contribution in [-0.4, -0.2) is 47.1 Å². The van der Waals surface area contributed by atoms with Gasteiger partial charge in [-0.25, -0.2) is 13.8 Å². The van der Waals surface area contributed by atoms with E-state index in [2.05, 4.69) is 19.8 Å². The van der Waals surface area contributed by atoms with Crippen molar-refractivity contribution in [2.24, 2.45) is 0 Å². The van der Waals surface area contributed by atoms with Gasteiger partial charge in [0.05, 0.1) is 22.2 Å². The van der Waals surface area contributed by atoms with Gasteiger partial charge < -0.3 is 20.0 Å². The summed E-state index contributed by atoms with van der Waals surface area (Å²) >= 11 is 1.06. The number of nitrogens with one attached hydrogen (secondary N) is 1. The largest absolute Gasteiger partial charge is 0.619 e. The van der Waals surface area contributed by atoms with Gasteiger partial charge >= 0.3 is 6.29 Å². The van der Waals surface area contributed by atoms with Gasteiger partial charge in [-0.05, 0) is 12.5 Å². The Bertz CT molecular complexity index is 1210. The van der Waals surface area contributed by atoms with E-state index in [0.717, 1.165) is 11.3 Å². The van der Waals surface area contributed by atoms with E-state index in [9.17, 15) is 27.6 Å². The summed E-state index contributed by atoms with van der Waals surface area (Å²) in [4.78, 5) is 18.7. The Hall–Kier alpha value is -3.19. The Balaban J connectivity index is 1.29. The van der Waals surface area contributed by atoms with Gasteiger partial charge in [-0.3, -0.25) is 9.69 Å². The average molecular weight is 498 g/mol. The summed E-state index contributed by atoms with van der Waals surface area (Å²) < 4.78 is 65.6. The lowest BCUT2D eigenvalue weighted by Crippen LogP contribution is -2.52. The second kappa shape index (κ2) is 7.94. The molecule has 34 heavy (non-hydrogen) atoms. The van der Waals surface area contributed by atoms with Crippen LogP contribution < -0.4 is 19.5 Å². The molecule has 5 rings (SSSR count). The molecule has 1 N–H and O–H groups in total. The summed E-state index contributed by atoms with van der Waals surface area (Å²) in [5.74, 6) is -4.87. The number of likely N-dealkylation sites (tertiary alicyclic amines) is 1. The summed E-state index contributed by atoms with van der Waals surface area (Å²) in [6.45, 7) is 1.56. The average Bonchev–Trinajstić information content (AvgIpc) is 3.28. The van der Waals surface area contributed by atoms with Crippen molar-refractivity contribution in [2.45, 2.75) is 37.5 Å². The lowest BCUT2D eigenvalue weighted by atomic mass is 9.87. The van der Waals surface area contributed by atoms with E-state index in [1.807, 2.05) is 0 Å². The number of carbonyl (C=O) groups excluding carboxylic acids is 1. The zero-order chi connectivity index (χ0) is 24.3. The number of ether oxygens (including phenoxy) is 2. The minimum atomic E-state index is -3.74. The fourth-order valence-corrected chi connectivity index (χ4v) is 4.96. The smallest absolute Gasteiger partial charge is 0.586 e. The molecule has 1 fully saturated rings. The number of benzene rings is 1. The predicted molar refractivity (Wildman–Crippen MR) is 113 cm³/mol. The first-order valence-corrected chi connectivity index (χ1v) is 11.1. The maximum Gasteiger partial charge on any atom is 0.586 e. The number of aromatic nitrogens is 2. The normalized spacial score (nSPS) is 22.0. The summed E-state index contributed by atoms with van der Waals surface area (Å²) in [6.07, 6.45) is -1.84. The molecule has 1 aromatic carbocycles. The first kappa shape index (κ1) is 22.6. The molecule has 2 aliphatic heterocycles. The fraction of sp³-hybridized carbons (Fsp3) is 0.381. The van der Waals surface area contributed by atoms with E-state index in [-0.39, 0.29) is 29.7 Å². The van der Waals surface area contributed by atoms with Crippen LogP contribution >= 0.6 is 11.3 Å². The SMILES string of the molecule is CC(C(=O)Nc1nc2cc3c(cc2s1)OC(F)(F)O3)N1CCC(F)(F)[C@@H](c2cc[n+]([O-])cc2)C1. The number of carbonyl (C=O) groups is 1. The topological polar surface area (TPSA) is 90.6 Å². The monoisotopic (exact) mass is 498 g/mol. The van der Waals surface area contributed by atoms with E-state index < -0.39 is 36.5 Å². The Morgan fingerprint density at radius 3 is 2.65 bits per heavy atom. The molecule has 0 spiro atoms. The standard InChI is InChI=1S/C21H18F4N4O4S/c1-11(28-7-4-20(22,23)13(10-28)12-2-5-29(31)6-3-12)18(30)27-19-26-14-8-15-16(9-17(14)34-19)33-21(24,25)32-15/h2-3,5-6,8-9,11,13H,4,7,10H2,1H3,(H,26,27,30)/t11?,13-/m1/s1. The van der Waals surface area contributed by atoms with Crippen LogP contribution in [0.25, 0.3) is 10.2 Å². The van der Waals surface area contributed by atoms with Gasteiger partial charge in [-0.15, -0.1) is 8.78 Å². The maximum atomic E-state index is 14.6. The van der Waals surface area contributed by atoms with Crippen molar-refractivity contribution in [3.8, 4) is 11.5 Å². The number of pyridine rings is 1. The van der Waals surface area contributed by atoms with Crippen LogP contribution in [-0.2, 0) is 4.79 Å². The van der Waals surface area contributed by atoms with Gasteiger partial charge in [0, 0.05) is 43.8 Å². The van der Waals surface area contributed by atoms with Crippen LogP contribution in [0.5, 0.6) is 11.5 Å². The van der Waals surface area contributed by atoms with Crippen LogP contribution in [0, 0.1) is 5.21 Å². The first-order valence-electron chi connectivity index (χ1n) is 10.3. The third-order valence-electron chi connectivity index (χ3n) is 5.96. The molecule has 1 unspecified atom stereocenters. The predicted octanol–water partition coefficient (Wildman–Crippen LogP) is 3.70. The van der Waals surface area contributed by atoms with Crippen molar-refractivity contribution in [3.05, 3.63) is 47.4 Å². The highest BCUT2D eigenvalue weighted by Gasteiger charge is 2.47. The first-order chi connectivity index (χ1) is 16.0. The number of piperidine rings is 1. The van der Waals surface area contributed by atoms with Crippen molar-refractivity contribution in [2.75, 3.05) is 18.4 Å². The zero-order valence-corrected chi connectivity index (χ0v) is 18.5. The molecular formula is C21H18F4N4O4S. The molecule has 8 nitrogen and oxygen atoms in total. The van der Waals surface area contributed by atoms with Crippen molar-refractivity contribution in [1.29, 1.82) is 0 Å². The second-order valence-electron chi connectivity index (χ2n) is 8.17. The zero-order valence-electron chi connectivity index (χ0n) is 17.6. The lowest BCUT2D eigenvalue weighted by Gasteiger charge is -2.40. The number of thiazole rings is 1. The summed E-state index contributed by atoms with van der Waals surface area (Å²) in [6, 6.07) is 4.63. The molecule has 13 heteroatoms. The highest BCUT2D eigenvalue weighted by molar-refractivity contribution is 7.22. The number of rotatable bonds is 4. The molecular weight excluding hydrogens is 480 g/mol. The Labute approximate surface area is 194 Å². The lowest BCUT2D eigenvalue weighted by molar-refractivity contribution is -0.605. The van der Waals surface area contributed by atoms with Crippen molar-refractivity contribution < 1.29 is 36.6 Å². The molecule has 3 aromatic rings. The summed E-state index contributed by atoms with van der Waals surface area (Å²) in [5, 5.41) is 14.2. The van der Waals surface area contributed by atoms with E-state index >= 15 is 0 Å². The highest BCUT2D eigenvalue weighted by Crippen LogP contribution is 2.45. The van der Waals surface area contributed by atoms with Gasteiger partial charge in [-0.2, -0.15) is 4.73 Å². The number of halogens is 4. The van der Waals surface area contributed by atoms with Crippen molar-refractivity contribution >= 4 is 32.6 Å². The van der Waals surface area contributed by atoms with Crippen LogP contribution in [0.1, 0.15) is 24.8 Å². The third-order valence-corrected chi connectivity index (χ3v) is 6.89. The Kier molecular flexibility index (Phi) is 5.28. The van der Waals surface area contributed by atoms with E-state index in [4.69, 9.17) is 0 Å². The van der Waals surface area contributed by atoms with E-state index in [0.29, 0.717) is 20.5 Å². The molecule has 0 radical (unpaired) electrons. The number of hydrogen-bond acceptors (Lipinski definition) is 7. The van der Waals surface area contributed by atoms with Gasteiger partial charge in [0.2, 0.25) is 5.91 Å². The second-order valence-corrected chi connectivity index (χ2v) is 9.20. The third kappa shape index (κ3) is 4.20. The minimum Gasteiger partial charge on any atom is -0.619 e. The quantitative estimate of drug-likeness (QED) is 0.335. The minimum absolute atomic E-state index is 0.0158. The maximum absolute atomic E-state index is 14.6. The number of alkyl halides is 4. The molecule has 0 bridgehead atoms. The number of anilines is 1. The molecule has 2 aromatic heterocycles. The van der Waals surface area contributed by atoms with Gasteiger partial charge in [-0.1, -0.05) is 11.3 Å². The Morgan fingerprint density at radius 2 is 1.94 bits per heavy atom. The Morgan fingerprint density at radius 1 is 1.26 bits per heavy atom. The summed E-state index contributed by atoms with van der Waals surface area (Å²) in [7, 11) is 0. The van der Waals surface area contributed by atoms with Gasteiger partial charge in [0.25, 0.3) is 5.92 Å². The van der Waals surface area contributed by atoms with E-state index in [1.54, 1.807) is 11.8 Å². The fourth-order valence-electron chi connectivity index (χ4n) is 4.09. The van der Waals surface area contributed by atoms with Crippen LogP contribution in [0.3, 0.4) is 0 Å². The molecule has 4 heterocycles. The molecule has 1 amide bonds. The molecule has 0 saturated carbocycles. The molecule has 0 aliphatic carbocycles. The molecule has 2 aliphatic rings. The number of hydrogen-bond donors (Lipinski definition) is 1. The van der Waals surface area contributed by atoms with Gasteiger partial charge in [0.1, 0.15) is 0 Å². The van der Waals surface area contributed by atoms with Crippen LogP contribution in [0.4, 0.5) is 22.7 Å². The van der Waals surface area contributed by atoms with Gasteiger partial charge in [0.15, 0.2) is 29.0 Å². The molecule has 1 saturated heterocycles. The van der Waals surface area contributed by atoms with Crippen molar-refractivity contribution in [3.63, 3.8) is 0 Å². The summed E-state index contributed by atoms with van der Waals surface area (Å²) in [5.41, 5.74) is 0.661. The van der Waals surface area contributed by atoms with Crippen LogP contribution in [0.15, 0.2) is 36.7 Å². The number of nitrogens with zero attached hydrogens (tertiary/aromatic N) is 3. The van der Waals surface area contributed by atoms with E-state index in [1.165, 1.54) is 36.7 Å². The highest BCUT2D eigenvalue weighted by atomic mass is 32.1. The molecule has 2 atom stereocenters. The number of amides is 1. The van der Waals surface area contributed by atoms with Crippen LogP contribution in [0.2, 0.25) is 0 Å². The number of fused-ring (bicyclic) bond motifs is 2. The van der Waals surface area contributed by atoms with Crippen molar-refractivity contribution in [1.82, 2.24) is 9.88 Å².